The molecule has 0 bridgehead atoms. The van der Waals surface area contributed by atoms with Crippen LogP contribution in [-0.2, 0) is 6.42 Å². The number of nitrogens with one attached hydrogen (secondary N) is 1. The number of para-hydroxylation sites is 1. The number of fused-ring (bicyclic) bond motifs is 1. The molecule has 2 aromatic rings. The predicted octanol–water partition coefficient (Wildman–Crippen LogP) is 5.11. The Kier molecular flexibility index (Phi) is 7.23. The Morgan fingerprint density at radius 1 is 1.23 bits per heavy atom. The summed E-state index contributed by atoms with van der Waals surface area (Å²) in [6, 6.07) is 9.67. The molecule has 2 rings (SSSR count). The standard InChI is InChI=1S/C16H20F3NO.ClH/c1-2-5-13(20-9-8-16(17,18)19)11-14-10-12-6-3-4-7-15(12)21-14;/h3-4,6-7,10,13,20H,2,5,8-9,11H2,1H3;1H. The maximum atomic E-state index is 12.2. The first-order chi connectivity index (χ1) is 9.98. The van der Waals surface area contributed by atoms with Gasteiger partial charge in [-0.1, -0.05) is 31.5 Å². The van der Waals surface area contributed by atoms with E-state index in [9.17, 15) is 13.2 Å². The van der Waals surface area contributed by atoms with Crippen LogP contribution in [0.15, 0.2) is 34.7 Å². The van der Waals surface area contributed by atoms with Crippen LogP contribution < -0.4 is 5.32 Å². The first-order valence-corrected chi connectivity index (χ1v) is 7.25. The van der Waals surface area contributed by atoms with Gasteiger partial charge in [0, 0.05) is 24.4 Å². The van der Waals surface area contributed by atoms with Crippen LogP contribution in [0.4, 0.5) is 13.2 Å². The summed E-state index contributed by atoms with van der Waals surface area (Å²) in [5.41, 5.74) is 0.818. The normalized spacial score (nSPS) is 13.1. The molecule has 1 atom stereocenters. The van der Waals surface area contributed by atoms with Gasteiger partial charge in [0.25, 0.3) is 0 Å². The van der Waals surface area contributed by atoms with E-state index in [2.05, 4.69) is 5.32 Å². The van der Waals surface area contributed by atoms with Gasteiger partial charge in [0.05, 0.1) is 6.42 Å². The smallest absolute Gasteiger partial charge is 0.390 e. The zero-order valence-electron chi connectivity index (χ0n) is 12.5. The molecule has 0 saturated heterocycles. The van der Waals surface area contributed by atoms with Crippen molar-refractivity contribution < 1.29 is 17.6 Å². The molecular formula is C16H21ClF3NO. The van der Waals surface area contributed by atoms with Crippen molar-refractivity contribution in [3.63, 3.8) is 0 Å². The van der Waals surface area contributed by atoms with Crippen molar-refractivity contribution in [3.05, 3.63) is 36.1 Å². The van der Waals surface area contributed by atoms with Gasteiger partial charge in [-0.15, -0.1) is 12.4 Å². The van der Waals surface area contributed by atoms with Gasteiger partial charge in [-0.05, 0) is 18.6 Å². The Morgan fingerprint density at radius 2 is 1.95 bits per heavy atom. The SMILES string of the molecule is CCCC(Cc1cc2ccccc2o1)NCCC(F)(F)F.Cl. The highest BCUT2D eigenvalue weighted by atomic mass is 35.5. The maximum absolute atomic E-state index is 12.2. The second-order valence-electron chi connectivity index (χ2n) is 5.26. The minimum atomic E-state index is -4.11. The highest BCUT2D eigenvalue weighted by Crippen LogP contribution is 2.21. The second-order valence-corrected chi connectivity index (χ2v) is 5.26. The van der Waals surface area contributed by atoms with Crippen LogP contribution in [0.25, 0.3) is 11.0 Å². The molecule has 6 heteroatoms. The third-order valence-electron chi connectivity index (χ3n) is 3.40. The maximum Gasteiger partial charge on any atom is 0.390 e. The van der Waals surface area contributed by atoms with Gasteiger partial charge in [0.15, 0.2) is 0 Å². The lowest BCUT2D eigenvalue weighted by atomic mass is 10.1. The van der Waals surface area contributed by atoms with Crippen molar-refractivity contribution in [1.29, 1.82) is 0 Å². The minimum absolute atomic E-state index is 0. The molecule has 1 unspecified atom stereocenters. The fraction of sp³-hybridized carbons (Fsp3) is 0.500. The Hall–Kier alpha value is -1.20. The lowest BCUT2D eigenvalue weighted by molar-refractivity contribution is -0.133. The van der Waals surface area contributed by atoms with Gasteiger partial charge in [0.1, 0.15) is 11.3 Å². The van der Waals surface area contributed by atoms with Gasteiger partial charge >= 0.3 is 6.18 Å². The second kappa shape index (κ2) is 8.44. The van der Waals surface area contributed by atoms with Gasteiger partial charge in [-0.3, -0.25) is 0 Å². The third kappa shape index (κ3) is 5.89. The molecular weight excluding hydrogens is 315 g/mol. The number of hydrogen-bond acceptors (Lipinski definition) is 2. The summed E-state index contributed by atoms with van der Waals surface area (Å²) >= 11 is 0. The van der Waals surface area contributed by atoms with Gasteiger partial charge in [-0.25, -0.2) is 0 Å². The van der Waals surface area contributed by atoms with Crippen LogP contribution in [0.5, 0.6) is 0 Å². The van der Waals surface area contributed by atoms with Crippen molar-refractivity contribution in [2.24, 2.45) is 0 Å². The lowest BCUT2D eigenvalue weighted by Crippen LogP contribution is -2.33. The van der Waals surface area contributed by atoms with Crippen LogP contribution in [0.3, 0.4) is 0 Å². The number of furan rings is 1. The van der Waals surface area contributed by atoms with Gasteiger partial charge in [-0.2, -0.15) is 13.2 Å². The molecule has 1 heterocycles. The first-order valence-electron chi connectivity index (χ1n) is 7.25. The van der Waals surface area contributed by atoms with Crippen LogP contribution >= 0.6 is 12.4 Å². The molecule has 0 aliphatic heterocycles. The van der Waals surface area contributed by atoms with Crippen molar-refractivity contribution in [1.82, 2.24) is 5.32 Å². The molecule has 0 radical (unpaired) electrons. The van der Waals surface area contributed by atoms with Crippen LogP contribution in [-0.4, -0.2) is 18.8 Å². The molecule has 2 nitrogen and oxygen atoms in total. The first kappa shape index (κ1) is 18.8. The number of benzene rings is 1. The molecule has 0 aliphatic carbocycles. The minimum Gasteiger partial charge on any atom is -0.461 e. The predicted molar refractivity (Wildman–Crippen MR) is 84.5 cm³/mol. The summed E-state index contributed by atoms with van der Waals surface area (Å²) in [6.45, 7) is 1.98. The van der Waals surface area contributed by atoms with Crippen molar-refractivity contribution in [2.75, 3.05) is 6.54 Å². The van der Waals surface area contributed by atoms with Crippen LogP contribution in [0, 0.1) is 0 Å². The van der Waals surface area contributed by atoms with E-state index >= 15 is 0 Å². The van der Waals surface area contributed by atoms with Crippen LogP contribution in [0.2, 0.25) is 0 Å². The molecule has 0 spiro atoms. The molecule has 1 aromatic carbocycles. The zero-order chi connectivity index (χ0) is 15.3. The highest BCUT2D eigenvalue weighted by Gasteiger charge is 2.26. The molecule has 0 amide bonds. The van der Waals surface area contributed by atoms with Crippen LogP contribution in [0.1, 0.15) is 31.9 Å². The highest BCUT2D eigenvalue weighted by molar-refractivity contribution is 5.85. The van der Waals surface area contributed by atoms with E-state index in [1.165, 1.54) is 0 Å². The monoisotopic (exact) mass is 335 g/mol. The lowest BCUT2D eigenvalue weighted by Gasteiger charge is -2.17. The zero-order valence-corrected chi connectivity index (χ0v) is 13.3. The summed E-state index contributed by atoms with van der Waals surface area (Å²) in [7, 11) is 0. The summed E-state index contributed by atoms with van der Waals surface area (Å²) in [4.78, 5) is 0. The third-order valence-corrected chi connectivity index (χ3v) is 3.40. The average Bonchev–Trinajstić information content (AvgIpc) is 2.79. The number of rotatable bonds is 7. The molecule has 1 N–H and O–H groups in total. The Balaban J connectivity index is 0.00000242. The summed E-state index contributed by atoms with van der Waals surface area (Å²) < 4.78 is 42.3. The Morgan fingerprint density at radius 3 is 2.59 bits per heavy atom. The molecule has 0 fully saturated rings. The average molecular weight is 336 g/mol. The van der Waals surface area contributed by atoms with Crippen molar-refractivity contribution in [3.8, 4) is 0 Å². The number of alkyl halides is 3. The summed E-state index contributed by atoms with van der Waals surface area (Å²) in [5.74, 6) is 0.814. The molecule has 0 aliphatic rings. The van der Waals surface area contributed by atoms with E-state index in [0.29, 0.717) is 6.42 Å². The molecule has 124 valence electrons. The van der Waals surface area contributed by atoms with Gasteiger partial charge in [0.2, 0.25) is 0 Å². The van der Waals surface area contributed by atoms with E-state index in [4.69, 9.17) is 4.42 Å². The summed E-state index contributed by atoms with van der Waals surface area (Å²) in [6.07, 6.45) is -2.55. The fourth-order valence-electron chi connectivity index (χ4n) is 2.42. The quantitative estimate of drug-likeness (QED) is 0.760. The fourth-order valence-corrected chi connectivity index (χ4v) is 2.42. The summed E-state index contributed by atoms with van der Waals surface area (Å²) in [5, 5.41) is 4.02. The van der Waals surface area contributed by atoms with Crippen molar-refractivity contribution in [2.45, 2.75) is 44.8 Å². The Labute approximate surface area is 134 Å². The topological polar surface area (TPSA) is 25.2 Å². The Bertz CT molecular complexity index is 535. The molecule has 22 heavy (non-hydrogen) atoms. The number of hydrogen-bond donors (Lipinski definition) is 1. The van der Waals surface area contributed by atoms with E-state index in [0.717, 1.165) is 29.6 Å². The number of halogens is 4. The van der Waals surface area contributed by atoms with E-state index < -0.39 is 12.6 Å². The largest absolute Gasteiger partial charge is 0.461 e. The van der Waals surface area contributed by atoms with E-state index in [1.807, 2.05) is 37.3 Å². The van der Waals surface area contributed by atoms with E-state index in [1.54, 1.807) is 0 Å². The van der Waals surface area contributed by atoms with Gasteiger partial charge < -0.3 is 9.73 Å². The van der Waals surface area contributed by atoms with Crippen molar-refractivity contribution >= 4 is 23.4 Å². The van der Waals surface area contributed by atoms with E-state index in [-0.39, 0.29) is 25.0 Å². The molecule has 0 saturated carbocycles. The molecule has 1 aromatic heterocycles.